The first-order valence-corrected chi connectivity index (χ1v) is 27.0. The van der Waals surface area contributed by atoms with Crippen molar-refractivity contribution >= 4 is 43.6 Å². The Hall–Kier alpha value is -10.8. The van der Waals surface area contributed by atoms with Gasteiger partial charge in [0.25, 0.3) is 0 Å². The van der Waals surface area contributed by atoms with Crippen LogP contribution in [-0.4, -0.2) is 68.9 Å². The first-order valence-electron chi connectivity index (χ1n) is 27.0. The van der Waals surface area contributed by atoms with E-state index in [1.54, 1.807) is 85.7 Å². The summed E-state index contributed by atoms with van der Waals surface area (Å²) in [5, 5.41) is 13.5. The molecule has 13 rings (SSSR count). The zero-order valence-electron chi connectivity index (χ0n) is 47.1. The van der Waals surface area contributed by atoms with Crippen LogP contribution in [-0.2, 0) is 12.4 Å². The van der Waals surface area contributed by atoms with Gasteiger partial charge in [0.1, 0.15) is 46.6 Å². The second kappa shape index (κ2) is 20.3. The standard InChI is InChI=1S/C65H45F6N15/c1-31-73-32(2)78-60(77-31)41-14-20-54-47(25-41)48-26-42(61-79-33(3)74-34(4)80-61)15-21-55(48)85(54)53-19-12-39(30-72)24-46(53)45-18-13-40(59-51(64(66,67)68)10-9-11-52(59)65(69,70)71)29-58(45)86-56-22-16-43(62-81-35(5)75-36(6)82-62)27-49(56)50-28-44(17-23-57(50)86)63-83-37(7)76-38(8)84-63/h9-29H,1-8H3. The number of rotatable bonds is 8. The Morgan fingerprint density at radius 1 is 0.337 bits per heavy atom. The minimum atomic E-state index is -5.21. The molecule has 0 unspecified atom stereocenters. The molecule has 0 fully saturated rings. The molecule has 0 amide bonds. The quantitative estimate of drug-likeness (QED) is 0.131. The van der Waals surface area contributed by atoms with E-state index < -0.39 is 29.0 Å². The van der Waals surface area contributed by atoms with E-state index >= 15 is 26.3 Å². The highest BCUT2D eigenvalue weighted by Gasteiger charge is 2.41. The lowest BCUT2D eigenvalue weighted by Crippen LogP contribution is -2.14. The molecule has 15 nitrogen and oxygen atoms in total. The normalized spacial score (nSPS) is 12.1. The number of hydrogen-bond donors (Lipinski definition) is 0. The van der Waals surface area contributed by atoms with Crippen LogP contribution in [0.4, 0.5) is 26.3 Å². The average Bonchev–Trinajstić information content (AvgIpc) is 1.64. The fourth-order valence-electron chi connectivity index (χ4n) is 11.6. The molecule has 0 atom stereocenters. The fourth-order valence-corrected chi connectivity index (χ4v) is 11.6. The van der Waals surface area contributed by atoms with Gasteiger partial charge in [0.2, 0.25) is 0 Å². The molecule has 0 aliphatic heterocycles. The van der Waals surface area contributed by atoms with Crippen molar-refractivity contribution in [1.82, 2.24) is 68.9 Å². The van der Waals surface area contributed by atoms with Crippen LogP contribution in [0.1, 0.15) is 63.3 Å². The van der Waals surface area contributed by atoms with Crippen LogP contribution >= 0.6 is 0 Å². The van der Waals surface area contributed by atoms with Crippen LogP contribution in [0.25, 0.3) is 123 Å². The third kappa shape index (κ3) is 9.63. The monoisotopic (exact) mass is 1150 g/mol. The lowest BCUT2D eigenvalue weighted by Gasteiger charge is -2.22. The largest absolute Gasteiger partial charge is 0.417 e. The Kier molecular flexibility index (Phi) is 12.8. The molecule has 0 saturated heterocycles. The number of nitrogens with zero attached hydrogens (tertiary/aromatic N) is 15. The van der Waals surface area contributed by atoms with Crippen molar-refractivity contribution in [3.8, 4) is 85.2 Å². The molecule has 0 N–H and O–H groups in total. The van der Waals surface area contributed by atoms with Gasteiger partial charge in [-0.3, -0.25) is 0 Å². The topological polar surface area (TPSA) is 188 Å². The maximum Gasteiger partial charge on any atom is 0.417 e. The predicted octanol–water partition coefficient (Wildman–Crippen LogP) is 15.0. The predicted molar refractivity (Wildman–Crippen MR) is 314 cm³/mol. The first-order chi connectivity index (χ1) is 41.1. The Labute approximate surface area is 485 Å². The summed E-state index contributed by atoms with van der Waals surface area (Å²) in [6.07, 6.45) is -10.4. The van der Waals surface area contributed by atoms with Crippen molar-refractivity contribution in [2.45, 2.75) is 67.7 Å². The number of halogens is 6. The van der Waals surface area contributed by atoms with Gasteiger partial charge in [-0.1, -0.05) is 18.2 Å². The summed E-state index contributed by atoms with van der Waals surface area (Å²) < 4.78 is 95.6. The highest BCUT2D eigenvalue weighted by atomic mass is 19.4. The van der Waals surface area contributed by atoms with E-state index in [0.717, 1.165) is 16.8 Å². The van der Waals surface area contributed by atoms with Gasteiger partial charge in [0.15, 0.2) is 23.3 Å². The number of alkyl halides is 6. The first kappa shape index (κ1) is 54.5. The fraction of sp³-hybridized carbons (Fsp3) is 0.154. The molecular weight excluding hydrogens is 1100 g/mol. The smallest absolute Gasteiger partial charge is 0.309 e. The minimum absolute atomic E-state index is 0.176. The highest BCUT2D eigenvalue weighted by Crippen LogP contribution is 2.49. The summed E-state index contributed by atoms with van der Waals surface area (Å²) in [6.45, 7) is 14.2. The number of hydrogen-bond acceptors (Lipinski definition) is 13. The van der Waals surface area contributed by atoms with Crippen LogP contribution in [0.15, 0.2) is 127 Å². The van der Waals surface area contributed by atoms with Crippen molar-refractivity contribution in [2.75, 3.05) is 0 Å². The lowest BCUT2D eigenvalue weighted by molar-refractivity contribution is -0.142. The lowest BCUT2D eigenvalue weighted by atomic mass is 9.90. The Morgan fingerprint density at radius 3 is 0.988 bits per heavy atom. The highest BCUT2D eigenvalue weighted by molar-refractivity contribution is 6.14. The summed E-state index contributed by atoms with van der Waals surface area (Å²) in [7, 11) is 0. The van der Waals surface area contributed by atoms with Gasteiger partial charge in [-0.2, -0.15) is 31.6 Å². The summed E-state index contributed by atoms with van der Waals surface area (Å²) in [5.41, 5.74) is 2.25. The summed E-state index contributed by atoms with van der Waals surface area (Å²) >= 11 is 0. The van der Waals surface area contributed by atoms with E-state index in [0.29, 0.717) is 154 Å². The van der Waals surface area contributed by atoms with Crippen LogP contribution in [0.5, 0.6) is 0 Å². The van der Waals surface area contributed by atoms with Gasteiger partial charge in [0, 0.05) is 60.5 Å². The molecule has 6 heterocycles. The van der Waals surface area contributed by atoms with Gasteiger partial charge < -0.3 is 9.13 Å². The van der Waals surface area contributed by atoms with E-state index in [1.807, 2.05) is 69.8 Å². The minimum Gasteiger partial charge on any atom is -0.309 e. The van der Waals surface area contributed by atoms with Gasteiger partial charge in [-0.25, -0.2) is 59.8 Å². The van der Waals surface area contributed by atoms with Gasteiger partial charge in [-0.15, -0.1) is 0 Å². The molecule has 0 aliphatic carbocycles. The van der Waals surface area contributed by atoms with Crippen molar-refractivity contribution in [2.24, 2.45) is 0 Å². The maximum absolute atomic E-state index is 15.3. The Bertz CT molecular complexity index is 4730. The van der Waals surface area contributed by atoms with Gasteiger partial charge in [0.05, 0.1) is 56.2 Å². The number of benzene rings is 7. The third-order valence-corrected chi connectivity index (χ3v) is 14.9. The average molecular weight is 1150 g/mol. The van der Waals surface area contributed by atoms with Crippen molar-refractivity contribution < 1.29 is 26.3 Å². The molecule has 0 saturated carbocycles. The number of aryl methyl sites for hydroxylation is 8. The molecule has 422 valence electrons. The van der Waals surface area contributed by atoms with Gasteiger partial charge >= 0.3 is 12.4 Å². The molecule has 7 aromatic carbocycles. The zero-order valence-corrected chi connectivity index (χ0v) is 47.1. The summed E-state index contributed by atoms with van der Waals surface area (Å²) in [4.78, 5) is 54.9. The molecule has 86 heavy (non-hydrogen) atoms. The second-order valence-corrected chi connectivity index (χ2v) is 20.9. The van der Waals surface area contributed by atoms with E-state index in [4.69, 9.17) is 0 Å². The van der Waals surface area contributed by atoms with Gasteiger partial charge in [-0.05, 0) is 170 Å². The van der Waals surface area contributed by atoms with Crippen molar-refractivity contribution in [3.63, 3.8) is 0 Å². The molecule has 0 spiro atoms. The van der Waals surface area contributed by atoms with Crippen LogP contribution < -0.4 is 0 Å². The molecule has 21 heteroatoms. The van der Waals surface area contributed by atoms with E-state index in [9.17, 15) is 5.26 Å². The molecule has 0 radical (unpaired) electrons. The molecule has 0 bridgehead atoms. The van der Waals surface area contributed by atoms with E-state index in [-0.39, 0.29) is 16.8 Å². The van der Waals surface area contributed by atoms with Crippen molar-refractivity contribution in [1.29, 1.82) is 5.26 Å². The molecule has 13 aromatic rings. The third-order valence-electron chi connectivity index (χ3n) is 14.9. The zero-order chi connectivity index (χ0) is 60.2. The number of nitriles is 1. The number of fused-ring (bicyclic) bond motifs is 6. The summed E-state index contributed by atoms with van der Waals surface area (Å²) in [5.74, 6) is 5.71. The number of aromatic nitrogens is 14. The second-order valence-electron chi connectivity index (χ2n) is 20.9. The SMILES string of the molecule is Cc1nc(C)nc(-c2ccc3c(c2)c2cc(-c4nc(C)nc(C)n4)ccc2n3-c2ccc(C#N)cc2-c2ccc(-c3c(C(F)(F)F)cccc3C(F)(F)F)cc2-n2c3ccc(-c4nc(C)nc(C)n4)cc3c3cc(-c4nc(C)nc(C)n4)ccc32)n1. The van der Waals surface area contributed by atoms with Crippen LogP contribution in [0.3, 0.4) is 0 Å². The Balaban J connectivity index is 1.15. The molecule has 6 aromatic heterocycles. The summed E-state index contributed by atoms with van der Waals surface area (Å²) in [6, 6.07) is 36.2. The van der Waals surface area contributed by atoms with Crippen molar-refractivity contribution in [3.05, 3.63) is 191 Å². The molecule has 0 aliphatic rings. The van der Waals surface area contributed by atoms with E-state index in [2.05, 4.69) is 65.9 Å². The van der Waals surface area contributed by atoms with Crippen LogP contribution in [0, 0.1) is 66.7 Å². The van der Waals surface area contributed by atoms with Crippen LogP contribution in [0.2, 0.25) is 0 Å². The Morgan fingerprint density at radius 2 is 0.663 bits per heavy atom. The maximum atomic E-state index is 15.3. The van der Waals surface area contributed by atoms with E-state index in [1.165, 1.54) is 18.2 Å². The molecular formula is C65H45F6N15.